The highest BCUT2D eigenvalue weighted by atomic mass is 35.5. The molecular weight excluding hydrogens is 216 g/mol. The van der Waals surface area contributed by atoms with Gasteiger partial charge in [-0.05, 0) is 6.07 Å². The Morgan fingerprint density at radius 2 is 2.47 bits per heavy atom. The van der Waals surface area contributed by atoms with Gasteiger partial charge in [-0.3, -0.25) is 4.79 Å². The molecule has 0 bridgehead atoms. The summed E-state index contributed by atoms with van der Waals surface area (Å²) in [6, 6.07) is 3.46. The molecule has 0 aliphatic carbocycles. The van der Waals surface area contributed by atoms with Crippen LogP contribution < -0.4 is 5.32 Å². The van der Waals surface area contributed by atoms with Crippen molar-refractivity contribution in [3.8, 4) is 0 Å². The quantitative estimate of drug-likeness (QED) is 0.608. The first kappa shape index (κ1) is 10.5. The standard InChI is InChI=1S/C10H11ClN2O2/c11-10-2-1-7(8(6-14)13-10)9-5-12-3-4-15-9/h1-2,6,9,12H,3-5H2. The normalized spacial score (nSPS) is 21.3. The largest absolute Gasteiger partial charge is 0.371 e. The fraction of sp³-hybridized carbons (Fsp3) is 0.400. The molecule has 1 saturated heterocycles. The van der Waals surface area contributed by atoms with Gasteiger partial charge < -0.3 is 10.1 Å². The van der Waals surface area contributed by atoms with Crippen molar-refractivity contribution in [2.24, 2.45) is 0 Å². The number of aromatic nitrogens is 1. The van der Waals surface area contributed by atoms with Gasteiger partial charge in [-0.2, -0.15) is 0 Å². The van der Waals surface area contributed by atoms with Crippen LogP contribution in [0.2, 0.25) is 5.15 Å². The fourth-order valence-corrected chi connectivity index (χ4v) is 1.75. The zero-order valence-corrected chi connectivity index (χ0v) is 8.83. The van der Waals surface area contributed by atoms with Gasteiger partial charge in [0, 0.05) is 18.7 Å². The van der Waals surface area contributed by atoms with E-state index in [1.54, 1.807) is 12.1 Å². The van der Waals surface area contributed by atoms with Gasteiger partial charge in [-0.25, -0.2) is 4.98 Å². The van der Waals surface area contributed by atoms with Crippen LogP contribution in [0, 0.1) is 0 Å². The third-order valence-corrected chi connectivity index (χ3v) is 2.52. The van der Waals surface area contributed by atoms with Crippen molar-refractivity contribution in [1.82, 2.24) is 10.3 Å². The van der Waals surface area contributed by atoms with Crippen molar-refractivity contribution in [3.05, 3.63) is 28.5 Å². The van der Waals surface area contributed by atoms with E-state index in [0.29, 0.717) is 30.3 Å². The monoisotopic (exact) mass is 226 g/mol. The Bertz CT molecular complexity index is 364. The van der Waals surface area contributed by atoms with Gasteiger partial charge in [0.2, 0.25) is 0 Å². The highest BCUT2D eigenvalue weighted by molar-refractivity contribution is 6.29. The molecule has 1 aliphatic rings. The maximum atomic E-state index is 10.8. The van der Waals surface area contributed by atoms with Crippen LogP contribution in [-0.4, -0.2) is 31.0 Å². The van der Waals surface area contributed by atoms with Crippen LogP contribution in [0.4, 0.5) is 0 Å². The number of morpholine rings is 1. The first-order valence-corrected chi connectivity index (χ1v) is 5.13. The minimum atomic E-state index is -0.108. The fourth-order valence-electron chi connectivity index (χ4n) is 1.59. The summed E-state index contributed by atoms with van der Waals surface area (Å²) < 4.78 is 5.54. The van der Waals surface area contributed by atoms with Crippen LogP contribution >= 0.6 is 11.6 Å². The lowest BCUT2D eigenvalue weighted by Crippen LogP contribution is -2.33. The van der Waals surface area contributed by atoms with Gasteiger partial charge in [0.1, 0.15) is 10.8 Å². The van der Waals surface area contributed by atoms with Crippen molar-refractivity contribution in [1.29, 1.82) is 0 Å². The Morgan fingerprint density at radius 1 is 1.60 bits per heavy atom. The molecule has 0 aromatic carbocycles. The van der Waals surface area contributed by atoms with Crippen LogP contribution in [0.3, 0.4) is 0 Å². The second-order valence-electron chi connectivity index (χ2n) is 3.29. The zero-order valence-electron chi connectivity index (χ0n) is 8.07. The summed E-state index contributed by atoms with van der Waals surface area (Å²) >= 11 is 5.71. The Balaban J connectivity index is 2.29. The molecule has 4 nitrogen and oxygen atoms in total. The maximum Gasteiger partial charge on any atom is 0.168 e. The van der Waals surface area contributed by atoms with Gasteiger partial charge in [-0.1, -0.05) is 17.7 Å². The lowest BCUT2D eigenvalue weighted by molar-refractivity contribution is 0.0270. The molecule has 0 saturated carbocycles. The molecule has 1 aromatic heterocycles. The van der Waals surface area contributed by atoms with Gasteiger partial charge in [0.25, 0.3) is 0 Å². The van der Waals surface area contributed by atoms with Gasteiger partial charge in [-0.15, -0.1) is 0 Å². The molecule has 2 rings (SSSR count). The molecule has 1 N–H and O–H groups in total. The van der Waals surface area contributed by atoms with E-state index in [4.69, 9.17) is 16.3 Å². The summed E-state index contributed by atoms with van der Waals surface area (Å²) in [6.07, 6.45) is 0.600. The second-order valence-corrected chi connectivity index (χ2v) is 3.68. The molecule has 1 fully saturated rings. The lowest BCUT2D eigenvalue weighted by Gasteiger charge is -2.24. The topological polar surface area (TPSA) is 51.2 Å². The molecule has 5 heteroatoms. The van der Waals surface area contributed by atoms with Crippen LogP contribution in [-0.2, 0) is 4.74 Å². The molecule has 1 unspecified atom stereocenters. The average molecular weight is 227 g/mol. The number of ether oxygens (including phenoxy) is 1. The number of aldehydes is 1. The second kappa shape index (κ2) is 4.70. The van der Waals surface area contributed by atoms with Crippen LogP contribution in [0.1, 0.15) is 22.2 Å². The Morgan fingerprint density at radius 3 is 3.13 bits per heavy atom. The predicted octanol–water partition coefficient (Wildman–Crippen LogP) is 1.21. The molecule has 0 radical (unpaired) electrons. The van der Waals surface area contributed by atoms with Gasteiger partial charge >= 0.3 is 0 Å². The minimum Gasteiger partial charge on any atom is -0.371 e. The smallest absolute Gasteiger partial charge is 0.168 e. The molecule has 2 heterocycles. The number of pyridine rings is 1. The first-order chi connectivity index (χ1) is 7.31. The summed E-state index contributed by atoms with van der Waals surface area (Å²) in [5, 5.41) is 3.52. The van der Waals surface area contributed by atoms with E-state index in [9.17, 15) is 4.79 Å². The lowest BCUT2D eigenvalue weighted by atomic mass is 10.1. The number of hydrogen-bond donors (Lipinski definition) is 1. The Kier molecular flexibility index (Phi) is 3.30. The molecule has 15 heavy (non-hydrogen) atoms. The van der Waals surface area contributed by atoms with E-state index >= 15 is 0 Å². The molecule has 1 aromatic rings. The number of nitrogens with one attached hydrogen (secondary N) is 1. The number of carbonyl (C=O) groups is 1. The van der Waals surface area contributed by atoms with E-state index < -0.39 is 0 Å². The van der Waals surface area contributed by atoms with Crippen molar-refractivity contribution in [2.45, 2.75) is 6.10 Å². The van der Waals surface area contributed by atoms with Crippen molar-refractivity contribution < 1.29 is 9.53 Å². The van der Waals surface area contributed by atoms with Crippen LogP contribution in [0.15, 0.2) is 12.1 Å². The molecule has 1 atom stereocenters. The number of carbonyl (C=O) groups excluding carboxylic acids is 1. The SMILES string of the molecule is O=Cc1nc(Cl)ccc1C1CNCCO1. The van der Waals surface area contributed by atoms with E-state index in [1.165, 1.54) is 0 Å². The van der Waals surface area contributed by atoms with E-state index in [0.717, 1.165) is 12.1 Å². The van der Waals surface area contributed by atoms with Crippen molar-refractivity contribution in [3.63, 3.8) is 0 Å². The number of rotatable bonds is 2. The predicted molar refractivity (Wildman–Crippen MR) is 56.2 cm³/mol. The van der Waals surface area contributed by atoms with Crippen molar-refractivity contribution >= 4 is 17.9 Å². The highest BCUT2D eigenvalue weighted by Crippen LogP contribution is 2.22. The summed E-state index contributed by atoms with van der Waals surface area (Å²) in [7, 11) is 0. The number of halogens is 1. The number of nitrogens with zero attached hydrogens (tertiary/aromatic N) is 1. The zero-order chi connectivity index (χ0) is 10.7. The third kappa shape index (κ3) is 2.34. The van der Waals surface area contributed by atoms with Gasteiger partial charge in [0.15, 0.2) is 6.29 Å². The van der Waals surface area contributed by atoms with Crippen molar-refractivity contribution in [2.75, 3.05) is 19.7 Å². The maximum absolute atomic E-state index is 10.8. The highest BCUT2D eigenvalue weighted by Gasteiger charge is 2.19. The molecule has 0 amide bonds. The minimum absolute atomic E-state index is 0.108. The van der Waals surface area contributed by atoms with E-state index in [1.807, 2.05) is 0 Å². The first-order valence-electron chi connectivity index (χ1n) is 4.75. The average Bonchev–Trinajstić information content (AvgIpc) is 2.30. The molecule has 0 spiro atoms. The summed E-state index contributed by atoms with van der Waals surface area (Å²) in [5.41, 5.74) is 1.15. The van der Waals surface area contributed by atoms with E-state index in [2.05, 4.69) is 10.3 Å². The van der Waals surface area contributed by atoms with E-state index in [-0.39, 0.29) is 6.10 Å². The Hall–Kier alpha value is -0.970. The molecular formula is C10H11ClN2O2. The summed E-state index contributed by atoms with van der Waals surface area (Å²) in [6.45, 7) is 2.18. The van der Waals surface area contributed by atoms with Gasteiger partial charge in [0.05, 0.1) is 12.7 Å². The molecule has 80 valence electrons. The van der Waals surface area contributed by atoms with Crippen LogP contribution in [0.25, 0.3) is 0 Å². The summed E-state index contributed by atoms with van der Waals surface area (Å²) in [4.78, 5) is 14.8. The number of hydrogen-bond acceptors (Lipinski definition) is 4. The van der Waals surface area contributed by atoms with Crippen LogP contribution in [0.5, 0.6) is 0 Å². The summed E-state index contributed by atoms with van der Waals surface area (Å²) in [5.74, 6) is 0. The Labute approximate surface area is 92.6 Å². The third-order valence-electron chi connectivity index (χ3n) is 2.31. The molecule has 1 aliphatic heterocycles.